The fourth-order valence-corrected chi connectivity index (χ4v) is 3.09. The molecule has 0 N–H and O–H groups in total. The van der Waals surface area contributed by atoms with E-state index in [1.807, 2.05) is 26.1 Å². The largest absolute Gasteiger partial charge is 0.469 e. The Balaban J connectivity index is 0.00000126. The summed E-state index contributed by atoms with van der Waals surface area (Å²) in [4.78, 5) is 15.9. The first kappa shape index (κ1) is 20.6. The molecule has 142 valence electrons. The van der Waals surface area contributed by atoms with Crippen molar-refractivity contribution in [2.24, 2.45) is 0 Å². The van der Waals surface area contributed by atoms with Crippen molar-refractivity contribution in [2.75, 3.05) is 7.11 Å². The zero-order valence-corrected chi connectivity index (χ0v) is 16.8. The lowest BCUT2D eigenvalue weighted by Gasteiger charge is -2.09. The number of methoxy groups -OCH3 is 1. The van der Waals surface area contributed by atoms with Crippen LogP contribution in [0.5, 0.6) is 0 Å². The first-order valence-corrected chi connectivity index (χ1v) is 9.70. The lowest BCUT2D eigenvalue weighted by atomic mass is 9.99. The molecule has 2 aromatic carbocycles. The number of ether oxygens (including phenoxy) is 1. The Hall–Kier alpha value is -2.68. The van der Waals surface area contributed by atoms with Gasteiger partial charge in [0.05, 0.1) is 12.8 Å². The zero-order valence-electron chi connectivity index (χ0n) is 16.8. The summed E-state index contributed by atoms with van der Waals surface area (Å²) in [5.74, 6) is -0.173. The Morgan fingerprint density at radius 3 is 2.52 bits per heavy atom. The number of aryl methyl sites for hydroxylation is 2. The molecule has 0 unspecified atom stereocenters. The minimum Gasteiger partial charge on any atom is -0.469 e. The predicted molar refractivity (Wildman–Crippen MR) is 112 cm³/mol. The number of carbonyl (C=O) groups is 1. The van der Waals surface area contributed by atoms with E-state index >= 15 is 0 Å². The van der Waals surface area contributed by atoms with Crippen molar-refractivity contribution >= 4 is 16.7 Å². The van der Waals surface area contributed by atoms with Gasteiger partial charge in [0.15, 0.2) is 0 Å². The van der Waals surface area contributed by atoms with Gasteiger partial charge in [0.25, 0.3) is 0 Å². The van der Waals surface area contributed by atoms with Crippen LogP contribution >= 0.6 is 0 Å². The van der Waals surface area contributed by atoms with Gasteiger partial charge in [-0.05, 0) is 41.0 Å². The molecule has 3 nitrogen and oxygen atoms in total. The van der Waals surface area contributed by atoms with Crippen molar-refractivity contribution in [1.29, 1.82) is 0 Å². The summed E-state index contributed by atoms with van der Waals surface area (Å²) in [5.41, 5.74) is 4.79. The second-order valence-electron chi connectivity index (χ2n) is 6.24. The van der Waals surface area contributed by atoms with Gasteiger partial charge in [-0.25, -0.2) is 0 Å². The van der Waals surface area contributed by atoms with Gasteiger partial charge in [0.2, 0.25) is 0 Å². The molecular weight excluding hydrogens is 334 g/mol. The normalized spacial score (nSPS) is 10.2. The predicted octanol–water partition coefficient (Wildman–Crippen LogP) is 5.52. The molecule has 0 aliphatic carbocycles. The molecule has 0 aliphatic heterocycles. The van der Waals surface area contributed by atoms with Gasteiger partial charge in [-0.15, -0.1) is 0 Å². The number of nitrogens with zero attached hydrogens (tertiary/aromatic N) is 1. The molecule has 0 fully saturated rings. The number of hydrogen-bond acceptors (Lipinski definition) is 3. The summed E-state index contributed by atoms with van der Waals surface area (Å²) in [6.07, 6.45) is 4.82. The highest BCUT2D eigenvalue weighted by molar-refractivity contribution is 5.85. The van der Waals surface area contributed by atoms with Crippen LogP contribution in [-0.4, -0.2) is 18.1 Å². The summed E-state index contributed by atoms with van der Waals surface area (Å²) in [5, 5.41) is 2.45. The topological polar surface area (TPSA) is 39.2 Å². The molecule has 1 heterocycles. The van der Waals surface area contributed by atoms with E-state index in [9.17, 15) is 4.79 Å². The van der Waals surface area contributed by atoms with Gasteiger partial charge in [-0.1, -0.05) is 63.2 Å². The lowest BCUT2D eigenvalue weighted by molar-refractivity contribution is -0.140. The van der Waals surface area contributed by atoms with Crippen LogP contribution in [0, 0.1) is 0 Å². The number of fused-ring (bicyclic) bond motifs is 1. The second-order valence-corrected chi connectivity index (χ2v) is 6.24. The first-order chi connectivity index (χ1) is 13.2. The second kappa shape index (κ2) is 10.5. The van der Waals surface area contributed by atoms with E-state index in [-0.39, 0.29) is 5.97 Å². The van der Waals surface area contributed by atoms with E-state index in [1.165, 1.54) is 29.0 Å². The number of esters is 1. The molecule has 0 spiro atoms. The highest BCUT2D eigenvalue weighted by Crippen LogP contribution is 2.22. The Bertz CT molecular complexity index is 886. The third kappa shape index (κ3) is 5.65. The van der Waals surface area contributed by atoms with Gasteiger partial charge >= 0.3 is 5.97 Å². The minimum absolute atomic E-state index is 0.173. The van der Waals surface area contributed by atoms with E-state index in [0.29, 0.717) is 12.8 Å². The van der Waals surface area contributed by atoms with E-state index < -0.39 is 0 Å². The molecule has 3 rings (SSSR count). The van der Waals surface area contributed by atoms with Gasteiger partial charge in [0, 0.05) is 24.4 Å². The summed E-state index contributed by atoms with van der Waals surface area (Å²) in [6.45, 7) is 6.17. The monoisotopic (exact) mass is 363 g/mol. The third-order valence-corrected chi connectivity index (χ3v) is 4.53. The Morgan fingerprint density at radius 2 is 1.78 bits per heavy atom. The molecule has 0 saturated carbocycles. The Morgan fingerprint density at radius 1 is 1.00 bits per heavy atom. The van der Waals surface area contributed by atoms with Crippen LogP contribution in [0.3, 0.4) is 0 Å². The first-order valence-electron chi connectivity index (χ1n) is 9.70. The van der Waals surface area contributed by atoms with Gasteiger partial charge < -0.3 is 4.74 Å². The molecule has 27 heavy (non-hydrogen) atoms. The van der Waals surface area contributed by atoms with Crippen molar-refractivity contribution in [3.63, 3.8) is 0 Å². The summed E-state index contributed by atoms with van der Waals surface area (Å²) in [6, 6.07) is 17.0. The van der Waals surface area contributed by atoms with E-state index in [2.05, 4.69) is 54.4 Å². The van der Waals surface area contributed by atoms with E-state index in [4.69, 9.17) is 4.74 Å². The number of aromatic nitrogens is 1. The molecule has 0 atom stereocenters. The SMILES string of the molecule is CC.CCc1ccc2c(Cc3cccc(CCC(=O)OC)c3)nccc2c1. The van der Waals surface area contributed by atoms with Crippen LogP contribution < -0.4 is 0 Å². The summed E-state index contributed by atoms with van der Waals surface area (Å²) < 4.78 is 4.72. The standard InChI is InChI=1S/C22H23NO2.C2H6/c1-3-16-7-9-20-19(14-16)11-12-23-21(20)15-18-6-4-5-17(13-18)8-10-22(24)25-2;1-2/h4-7,9,11-14H,3,8,10,15H2,1-2H3;1-2H3. The summed E-state index contributed by atoms with van der Waals surface area (Å²) >= 11 is 0. The number of pyridine rings is 1. The quantitative estimate of drug-likeness (QED) is 0.541. The van der Waals surface area contributed by atoms with Crippen molar-refractivity contribution in [2.45, 2.75) is 46.5 Å². The van der Waals surface area contributed by atoms with E-state index in [1.54, 1.807) is 0 Å². The van der Waals surface area contributed by atoms with Crippen molar-refractivity contribution < 1.29 is 9.53 Å². The third-order valence-electron chi connectivity index (χ3n) is 4.53. The number of rotatable bonds is 6. The fourth-order valence-electron chi connectivity index (χ4n) is 3.09. The van der Waals surface area contributed by atoms with Crippen LogP contribution in [0.2, 0.25) is 0 Å². The molecule has 1 aromatic heterocycles. The fraction of sp³-hybridized carbons (Fsp3) is 0.333. The molecule has 0 saturated heterocycles. The maximum Gasteiger partial charge on any atom is 0.305 e. The number of benzene rings is 2. The van der Waals surface area contributed by atoms with Crippen LogP contribution in [0.25, 0.3) is 10.8 Å². The molecule has 0 aliphatic rings. The average molecular weight is 364 g/mol. The molecule has 3 aromatic rings. The van der Waals surface area contributed by atoms with Gasteiger partial charge in [0.1, 0.15) is 0 Å². The van der Waals surface area contributed by atoms with Gasteiger partial charge in [-0.2, -0.15) is 0 Å². The van der Waals surface area contributed by atoms with Crippen LogP contribution in [0.15, 0.2) is 54.7 Å². The van der Waals surface area contributed by atoms with Crippen LogP contribution in [0.4, 0.5) is 0 Å². The van der Waals surface area contributed by atoms with Crippen molar-refractivity contribution in [3.8, 4) is 0 Å². The number of hydrogen-bond donors (Lipinski definition) is 0. The maximum atomic E-state index is 11.3. The maximum absolute atomic E-state index is 11.3. The van der Waals surface area contributed by atoms with Crippen LogP contribution in [-0.2, 0) is 28.8 Å². The molecule has 3 heteroatoms. The number of carbonyl (C=O) groups excluding carboxylic acids is 1. The summed E-state index contributed by atoms with van der Waals surface area (Å²) in [7, 11) is 1.43. The molecule has 0 radical (unpaired) electrons. The molecule has 0 bridgehead atoms. The van der Waals surface area contributed by atoms with Crippen LogP contribution in [0.1, 0.15) is 49.6 Å². The average Bonchev–Trinajstić information content (AvgIpc) is 2.73. The molecule has 0 amide bonds. The highest BCUT2D eigenvalue weighted by atomic mass is 16.5. The van der Waals surface area contributed by atoms with Gasteiger partial charge in [-0.3, -0.25) is 9.78 Å². The van der Waals surface area contributed by atoms with Crippen molar-refractivity contribution in [3.05, 3.63) is 77.1 Å². The smallest absolute Gasteiger partial charge is 0.305 e. The lowest BCUT2D eigenvalue weighted by Crippen LogP contribution is -2.02. The Labute approximate surface area is 162 Å². The van der Waals surface area contributed by atoms with E-state index in [0.717, 1.165) is 24.1 Å². The van der Waals surface area contributed by atoms with Crippen molar-refractivity contribution in [1.82, 2.24) is 4.98 Å². The zero-order chi connectivity index (χ0) is 19.6. The highest BCUT2D eigenvalue weighted by Gasteiger charge is 2.06. The minimum atomic E-state index is -0.173. The molecular formula is C24H29NO2. The Kier molecular flexibility index (Phi) is 8.00.